The van der Waals surface area contributed by atoms with Gasteiger partial charge in [0.25, 0.3) is 0 Å². The molecule has 0 atom stereocenters. The van der Waals surface area contributed by atoms with Gasteiger partial charge in [0.15, 0.2) is 0 Å². The first-order chi connectivity index (χ1) is 9.58. The van der Waals surface area contributed by atoms with E-state index in [1.807, 2.05) is 17.9 Å². The van der Waals surface area contributed by atoms with Gasteiger partial charge in [-0.3, -0.25) is 9.69 Å². The van der Waals surface area contributed by atoms with Gasteiger partial charge in [-0.2, -0.15) is 0 Å². The van der Waals surface area contributed by atoms with E-state index >= 15 is 0 Å². The summed E-state index contributed by atoms with van der Waals surface area (Å²) in [5, 5.41) is 12.4. The molecule has 1 aromatic rings. The van der Waals surface area contributed by atoms with Gasteiger partial charge >= 0.3 is 0 Å². The Morgan fingerprint density at radius 2 is 2.20 bits per heavy atom. The maximum absolute atomic E-state index is 12.0. The van der Waals surface area contributed by atoms with Crippen molar-refractivity contribution in [1.29, 1.82) is 0 Å². The highest BCUT2D eigenvalue weighted by Crippen LogP contribution is 2.22. The monoisotopic (exact) mass is 300 g/mol. The Bertz CT molecular complexity index is 440. The third-order valence-corrected chi connectivity index (χ3v) is 3.35. The molecule has 6 heteroatoms. The van der Waals surface area contributed by atoms with E-state index in [1.54, 1.807) is 19.2 Å². The van der Waals surface area contributed by atoms with E-state index in [9.17, 15) is 4.79 Å². The molecule has 0 saturated carbocycles. The van der Waals surface area contributed by atoms with Gasteiger partial charge in [-0.15, -0.1) is 0 Å². The Morgan fingerprint density at radius 3 is 2.85 bits per heavy atom. The molecular formula is C14H21ClN2O3. The Labute approximate surface area is 124 Å². The number of rotatable bonds is 8. The van der Waals surface area contributed by atoms with E-state index in [0.717, 1.165) is 5.56 Å². The molecule has 0 aliphatic carbocycles. The lowest BCUT2D eigenvalue weighted by atomic mass is 10.2. The zero-order chi connectivity index (χ0) is 15.0. The number of hydrogen-bond acceptors (Lipinski definition) is 4. The molecule has 0 fully saturated rings. The van der Waals surface area contributed by atoms with Crippen LogP contribution in [0.4, 0.5) is 5.69 Å². The van der Waals surface area contributed by atoms with Crippen molar-refractivity contribution in [2.45, 2.75) is 6.92 Å². The van der Waals surface area contributed by atoms with Crippen LogP contribution < -0.4 is 5.32 Å². The number of ether oxygens (including phenoxy) is 1. The van der Waals surface area contributed by atoms with Crippen LogP contribution in [0, 0.1) is 6.92 Å². The Kier molecular flexibility index (Phi) is 7.54. The largest absolute Gasteiger partial charge is 0.395 e. The predicted octanol–water partition coefficient (Wildman–Crippen LogP) is 1.53. The molecule has 0 unspecified atom stereocenters. The second kappa shape index (κ2) is 8.92. The molecule has 112 valence electrons. The van der Waals surface area contributed by atoms with Crippen LogP contribution in [0.15, 0.2) is 18.2 Å². The van der Waals surface area contributed by atoms with Crippen molar-refractivity contribution in [3.8, 4) is 0 Å². The summed E-state index contributed by atoms with van der Waals surface area (Å²) in [6.07, 6.45) is 0. The van der Waals surface area contributed by atoms with Crippen LogP contribution in [0.2, 0.25) is 5.02 Å². The highest BCUT2D eigenvalue weighted by atomic mass is 35.5. The van der Waals surface area contributed by atoms with Crippen LogP contribution in [0.25, 0.3) is 0 Å². The second-order valence-electron chi connectivity index (χ2n) is 4.45. The maximum atomic E-state index is 12.0. The first-order valence-corrected chi connectivity index (χ1v) is 6.83. The number of nitrogens with one attached hydrogen (secondary N) is 1. The molecule has 1 rings (SSSR count). The van der Waals surface area contributed by atoms with Crippen molar-refractivity contribution in [2.24, 2.45) is 0 Å². The average Bonchev–Trinajstić information content (AvgIpc) is 2.41. The quantitative estimate of drug-likeness (QED) is 0.764. The molecule has 0 heterocycles. The molecule has 1 amide bonds. The van der Waals surface area contributed by atoms with E-state index in [2.05, 4.69) is 5.32 Å². The van der Waals surface area contributed by atoms with Crippen LogP contribution in [-0.4, -0.2) is 55.9 Å². The summed E-state index contributed by atoms with van der Waals surface area (Å²) in [6.45, 7) is 3.62. The van der Waals surface area contributed by atoms with Crippen molar-refractivity contribution < 1.29 is 14.6 Å². The fourth-order valence-corrected chi connectivity index (χ4v) is 1.94. The highest BCUT2D eigenvalue weighted by Gasteiger charge is 2.11. The molecule has 20 heavy (non-hydrogen) atoms. The van der Waals surface area contributed by atoms with Gasteiger partial charge in [0.1, 0.15) is 0 Å². The SMILES string of the molecule is COCCN(CCO)CC(=O)Nc1cccc(Cl)c1C. The number of methoxy groups -OCH3 is 1. The number of aliphatic hydroxyl groups excluding tert-OH is 1. The number of halogens is 1. The number of hydrogen-bond donors (Lipinski definition) is 2. The zero-order valence-electron chi connectivity index (χ0n) is 11.9. The summed E-state index contributed by atoms with van der Waals surface area (Å²) >= 11 is 6.01. The molecule has 2 N–H and O–H groups in total. The second-order valence-corrected chi connectivity index (χ2v) is 4.86. The lowest BCUT2D eigenvalue weighted by Gasteiger charge is -2.20. The third-order valence-electron chi connectivity index (χ3n) is 2.94. The molecule has 0 spiro atoms. The van der Waals surface area contributed by atoms with E-state index in [-0.39, 0.29) is 19.1 Å². The Morgan fingerprint density at radius 1 is 1.45 bits per heavy atom. The fraction of sp³-hybridized carbons (Fsp3) is 0.500. The van der Waals surface area contributed by atoms with Gasteiger partial charge in [0.05, 0.1) is 19.8 Å². The topological polar surface area (TPSA) is 61.8 Å². The minimum absolute atomic E-state index is 0.00713. The number of anilines is 1. The number of amides is 1. The first kappa shape index (κ1) is 16.9. The van der Waals surface area contributed by atoms with Crippen LogP contribution in [0.5, 0.6) is 0 Å². The van der Waals surface area contributed by atoms with E-state index < -0.39 is 0 Å². The normalized spacial score (nSPS) is 10.8. The lowest BCUT2D eigenvalue weighted by Crippen LogP contribution is -2.37. The van der Waals surface area contributed by atoms with Gasteiger partial charge in [-0.25, -0.2) is 0 Å². The average molecular weight is 301 g/mol. The maximum Gasteiger partial charge on any atom is 0.238 e. The van der Waals surface area contributed by atoms with Gasteiger partial charge in [-0.1, -0.05) is 17.7 Å². The number of benzene rings is 1. The van der Waals surface area contributed by atoms with E-state index in [1.165, 1.54) is 0 Å². The van der Waals surface area contributed by atoms with Crippen LogP contribution in [0.1, 0.15) is 5.56 Å². The zero-order valence-corrected chi connectivity index (χ0v) is 12.6. The molecule has 0 bridgehead atoms. The summed E-state index contributed by atoms with van der Waals surface area (Å²) in [5.74, 6) is -0.139. The van der Waals surface area contributed by atoms with E-state index in [4.69, 9.17) is 21.4 Å². The van der Waals surface area contributed by atoms with Crippen molar-refractivity contribution in [2.75, 3.05) is 45.3 Å². The minimum Gasteiger partial charge on any atom is -0.395 e. The van der Waals surface area contributed by atoms with Crippen molar-refractivity contribution >= 4 is 23.2 Å². The number of carbonyl (C=O) groups is 1. The lowest BCUT2D eigenvalue weighted by molar-refractivity contribution is -0.117. The number of aliphatic hydroxyl groups is 1. The summed E-state index contributed by atoms with van der Waals surface area (Å²) in [4.78, 5) is 13.8. The molecule has 0 saturated heterocycles. The van der Waals surface area contributed by atoms with Crippen molar-refractivity contribution in [1.82, 2.24) is 4.90 Å². The third kappa shape index (κ3) is 5.46. The summed E-state index contributed by atoms with van der Waals surface area (Å²) in [6, 6.07) is 5.38. The van der Waals surface area contributed by atoms with Gasteiger partial charge in [0, 0.05) is 30.9 Å². The summed E-state index contributed by atoms with van der Waals surface area (Å²) in [5.41, 5.74) is 1.55. The minimum atomic E-state index is -0.139. The van der Waals surface area contributed by atoms with Gasteiger partial charge in [0.2, 0.25) is 5.91 Å². The van der Waals surface area contributed by atoms with Crippen LogP contribution in [0.3, 0.4) is 0 Å². The Balaban J connectivity index is 2.58. The predicted molar refractivity (Wildman–Crippen MR) is 80.2 cm³/mol. The standard InChI is InChI=1S/C14H21ClN2O3/c1-11-12(15)4-3-5-13(11)16-14(19)10-17(6-8-18)7-9-20-2/h3-5,18H,6-10H2,1-2H3,(H,16,19). The highest BCUT2D eigenvalue weighted by molar-refractivity contribution is 6.31. The summed E-state index contributed by atoms with van der Waals surface area (Å²) < 4.78 is 4.98. The van der Waals surface area contributed by atoms with Crippen molar-refractivity contribution in [3.63, 3.8) is 0 Å². The fourth-order valence-electron chi connectivity index (χ4n) is 1.77. The first-order valence-electron chi connectivity index (χ1n) is 6.45. The smallest absolute Gasteiger partial charge is 0.238 e. The molecule has 1 aromatic carbocycles. The Hall–Kier alpha value is -1.14. The number of carbonyl (C=O) groups excluding carboxylic acids is 1. The van der Waals surface area contributed by atoms with Gasteiger partial charge in [-0.05, 0) is 24.6 Å². The molecule has 5 nitrogen and oxygen atoms in total. The molecule has 0 radical (unpaired) electrons. The van der Waals surface area contributed by atoms with Crippen LogP contribution >= 0.6 is 11.6 Å². The van der Waals surface area contributed by atoms with Gasteiger partial charge < -0.3 is 15.2 Å². The van der Waals surface area contributed by atoms with Crippen LogP contribution in [-0.2, 0) is 9.53 Å². The molecular weight excluding hydrogens is 280 g/mol. The molecule has 0 aliphatic heterocycles. The van der Waals surface area contributed by atoms with Crippen molar-refractivity contribution in [3.05, 3.63) is 28.8 Å². The summed E-state index contributed by atoms with van der Waals surface area (Å²) in [7, 11) is 1.60. The molecule has 0 aromatic heterocycles. The molecule has 0 aliphatic rings. The van der Waals surface area contributed by atoms with E-state index in [0.29, 0.717) is 30.4 Å². The number of nitrogens with zero attached hydrogens (tertiary/aromatic N) is 1.